The standard InChI is InChI=1S/C16H23BrN2/c17-14-5-8-16(19-9-3-1-2-4-10-19)13(11-14)12-18-15-6-7-15/h5,8,11,15,18H,1-4,6-7,9-10,12H2. The van der Waals surface area contributed by atoms with Crippen LogP contribution in [0.25, 0.3) is 0 Å². The molecule has 19 heavy (non-hydrogen) atoms. The summed E-state index contributed by atoms with van der Waals surface area (Å²) in [5.41, 5.74) is 2.89. The summed E-state index contributed by atoms with van der Waals surface area (Å²) in [6, 6.07) is 7.53. The molecular formula is C16H23BrN2. The van der Waals surface area contributed by atoms with E-state index in [0.717, 1.165) is 12.6 Å². The van der Waals surface area contributed by atoms with Crippen molar-refractivity contribution in [3.8, 4) is 0 Å². The normalized spacial score (nSPS) is 20.4. The molecule has 2 aliphatic rings. The van der Waals surface area contributed by atoms with Gasteiger partial charge in [0.05, 0.1) is 0 Å². The van der Waals surface area contributed by atoms with Crippen molar-refractivity contribution in [1.29, 1.82) is 0 Å². The first-order chi connectivity index (χ1) is 9.33. The summed E-state index contributed by atoms with van der Waals surface area (Å²) in [6.45, 7) is 3.45. The van der Waals surface area contributed by atoms with E-state index in [-0.39, 0.29) is 0 Å². The van der Waals surface area contributed by atoms with Gasteiger partial charge in [-0.05, 0) is 49.4 Å². The topological polar surface area (TPSA) is 15.3 Å². The van der Waals surface area contributed by atoms with Crippen molar-refractivity contribution >= 4 is 21.6 Å². The van der Waals surface area contributed by atoms with Crippen LogP contribution in [0.5, 0.6) is 0 Å². The lowest BCUT2D eigenvalue weighted by molar-refractivity contribution is 0.682. The fourth-order valence-electron chi connectivity index (χ4n) is 2.86. The van der Waals surface area contributed by atoms with Crippen LogP contribution in [-0.2, 0) is 6.54 Å². The average Bonchev–Trinajstić information content (AvgIpc) is 3.24. The minimum atomic E-state index is 0.774. The Balaban J connectivity index is 1.76. The second kappa shape index (κ2) is 6.27. The highest BCUT2D eigenvalue weighted by Crippen LogP contribution is 2.28. The van der Waals surface area contributed by atoms with Gasteiger partial charge in [-0.2, -0.15) is 0 Å². The molecule has 1 N–H and O–H groups in total. The summed E-state index contributed by atoms with van der Waals surface area (Å²) in [6.07, 6.45) is 8.17. The van der Waals surface area contributed by atoms with E-state index in [0.29, 0.717) is 0 Å². The SMILES string of the molecule is Brc1ccc(N2CCCCCC2)c(CNC2CC2)c1. The molecule has 0 atom stereocenters. The van der Waals surface area contributed by atoms with E-state index >= 15 is 0 Å². The Hall–Kier alpha value is -0.540. The van der Waals surface area contributed by atoms with Gasteiger partial charge in [0.25, 0.3) is 0 Å². The summed E-state index contributed by atoms with van der Waals surface area (Å²) in [4.78, 5) is 2.59. The molecule has 0 amide bonds. The number of benzene rings is 1. The zero-order valence-electron chi connectivity index (χ0n) is 11.5. The fourth-order valence-corrected chi connectivity index (χ4v) is 3.27. The van der Waals surface area contributed by atoms with E-state index in [1.165, 1.54) is 67.3 Å². The molecule has 0 radical (unpaired) electrons. The minimum absolute atomic E-state index is 0.774. The smallest absolute Gasteiger partial charge is 0.0412 e. The van der Waals surface area contributed by atoms with Gasteiger partial charge in [-0.15, -0.1) is 0 Å². The van der Waals surface area contributed by atoms with E-state index in [4.69, 9.17) is 0 Å². The van der Waals surface area contributed by atoms with Crippen LogP contribution >= 0.6 is 15.9 Å². The first-order valence-electron chi connectivity index (χ1n) is 7.60. The highest BCUT2D eigenvalue weighted by molar-refractivity contribution is 9.10. The van der Waals surface area contributed by atoms with E-state index < -0.39 is 0 Å². The summed E-state index contributed by atoms with van der Waals surface area (Å²) < 4.78 is 1.19. The van der Waals surface area contributed by atoms with Crippen LogP contribution in [0.3, 0.4) is 0 Å². The van der Waals surface area contributed by atoms with Gasteiger partial charge in [0.1, 0.15) is 0 Å². The van der Waals surface area contributed by atoms with Gasteiger partial charge in [-0.3, -0.25) is 0 Å². The Morgan fingerprint density at radius 1 is 1.11 bits per heavy atom. The predicted octanol–water partition coefficient (Wildman–Crippen LogP) is 4.08. The molecule has 1 saturated carbocycles. The highest BCUT2D eigenvalue weighted by Gasteiger charge is 2.21. The Kier molecular flexibility index (Phi) is 4.44. The van der Waals surface area contributed by atoms with Crippen molar-refractivity contribution in [1.82, 2.24) is 5.32 Å². The largest absolute Gasteiger partial charge is 0.371 e. The maximum absolute atomic E-state index is 3.65. The van der Waals surface area contributed by atoms with E-state index in [1.54, 1.807) is 0 Å². The van der Waals surface area contributed by atoms with Crippen LogP contribution in [0.1, 0.15) is 44.1 Å². The number of halogens is 1. The second-order valence-electron chi connectivity index (χ2n) is 5.83. The highest BCUT2D eigenvalue weighted by atomic mass is 79.9. The zero-order chi connectivity index (χ0) is 13.1. The third-order valence-electron chi connectivity index (χ3n) is 4.15. The predicted molar refractivity (Wildman–Crippen MR) is 84.7 cm³/mol. The van der Waals surface area contributed by atoms with Crippen molar-refractivity contribution in [3.05, 3.63) is 28.2 Å². The third-order valence-corrected chi connectivity index (χ3v) is 4.64. The van der Waals surface area contributed by atoms with Gasteiger partial charge in [-0.1, -0.05) is 28.8 Å². The number of nitrogens with zero attached hydrogens (tertiary/aromatic N) is 1. The van der Waals surface area contributed by atoms with Crippen LogP contribution in [0.15, 0.2) is 22.7 Å². The van der Waals surface area contributed by atoms with Gasteiger partial charge in [0.15, 0.2) is 0 Å². The van der Waals surface area contributed by atoms with Crippen molar-refractivity contribution < 1.29 is 0 Å². The third kappa shape index (κ3) is 3.73. The molecule has 1 aromatic rings. The van der Waals surface area contributed by atoms with E-state index in [1.807, 2.05) is 0 Å². The van der Waals surface area contributed by atoms with Crippen LogP contribution in [0.4, 0.5) is 5.69 Å². The van der Waals surface area contributed by atoms with Crippen molar-refractivity contribution in [2.75, 3.05) is 18.0 Å². The molecule has 1 aromatic carbocycles. The van der Waals surface area contributed by atoms with Gasteiger partial charge in [0.2, 0.25) is 0 Å². The van der Waals surface area contributed by atoms with E-state index in [2.05, 4.69) is 44.3 Å². The molecule has 1 saturated heterocycles. The van der Waals surface area contributed by atoms with Crippen LogP contribution in [0.2, 0.25) is 0 Å². The molecule has 0 spiro atoms. The lowest BCUT2D eigenvalue weighted by atomic mass is 10.1. The molecule has 0 bridgehead atoms. The van der Waals surface area contributed by atoms with Gasteiger partial charge < -0.3 is 10.2 Å². The Morgan fingerprint density at radius 3 is 2.53 bits per heavy atom. The van der Waals surface area contributed by atoms with Crippen molar-refractivity contribution in [3.63, 3.8) is 0 Å². The summed E-state index contributed by atoms with van der Waals surface area (Å²) in [5, 5.41) is 3.65. The number of hydrogen-bond acceptors (Lipinski definition) is 2. The molecule has 1 aliphatic heterocycles. The molecule has 0 aromatic heterocycles. The van der Waals surface area contributed by atoms with Gasteiger partial charge in [-0.25, -0.2) is 0 Å². The average molecular weight is 323 g/mol. The number of hydrogen-bond donors (Lipinski definition) is 1. The molecule has 3 rings (SSSR count). The van der Waals surface area contributed by atoms with Crippen LogP contribution in [0, 0.1) is 0 Å². The molecule has 2 nitrogen and oxygen atoms in total. The minimum Gasteiger partial charge on any atom is -0.371 e. The number of nitrogens with one attached hydrogen (secondary N) is 1. The van der Waals surface area contributed by atoms with Crippen molar-refractivity contribution in [2.45, 2.75) is 51.1 Å². The van der Waals surface area contributed by atoms with Crippen molar-refractivity contribution in [2.24, 2.45) is 0 Å². The quantitative estimate of drug-likeness (QED) is 0.898. The fraction of sp³-hybridized carbons (Fsp3) is 0.625. The van der Waals surface area contributed by atoms with Gasteiger partial charge in [0, 0.05) is 35.8 Å². The first-order valence-corrected chi connectivity index (χ1v) is 8.39. The second-order valence-corrected chi connectivity index (χ2v) is 6.75. The van der Waals surface area contributed by atoms with Gasteiger partial charge >= 0.3 is 0 Å². The molecule has 2 fully saturated rings. The Morgan fingerprint density at radius 2 is 1.84 bits per heavy atom. The number of anilines is 1. The maximum atomic E-state index is 3.65. The Bertz CT molecular complexity index is 421. The summed E-state index contributed by atoms with van der Waals surface area (Å²) in [5.74, 6) is 0. The molecule has 104 valence electrons. The molecule has 1 aliphatic carbocycles. The lowest BCUT2D eigenvalue weighted by Crippen LogP contribution is -2.26. The van der Waals surface area contributed by atoms with Crippen LogP contribution in [-0.4, -0.2) is 19.1 Å². The summed E-state index contributed by atoms with van der Waals surface area (Å²) in [7, 11) is 0. The maximum Gasteiger partial charge on any atom is 0.0412 e. The lowest BCUT2D eigenvalue weighted by Gasteiger charge is -2.26. The monoisotopic (exact) mass is 322 g/mol. The molecule has 3 heteroatoms. The first kappa shape index (κ1) is 13.4. The number of rotatable bonds is 4. The Labute approximate surface area is 124 Å². The van der Waals surface area contributed by atoms with E-state index in [9.17, 15) is 0 Å². The van der Waals surface area contributed by atoms with Crippen LogP contribution < -0.4 is 10.2 Å². The molecule has 1 heterocycles. The molecular weight excluding hydrogens is 300 g/mol. The summed E-state index contributed by atoms with van der Waals surface area (Å²) >= 11 is 3.61. The zero-order valence-corrected chi connectivity index (χ0v) is 13.1. The molecule has 0 unspecified atom stereocenters.